The number of rotatable bonds is 4. The smallest absolute Gasteiger partial charge is 0.412 e. The molecule has 1 aromatic rings. The Morgan fingerprint density at radius 1 is 1.42 bits per heavy atom. The Morgan fingerprint density at radius 2 is 2.12 bits per heavy atom. The predicted molar refractivity (Wildman–Crippen MR) is 85.6 cm³/mol. The molecule has 2 heterocycles. The lowest BCUT2D eigenvalue weighted by atomic mass is 10.2. The fourth-order valence-corrected chi connectivity index (χ4v) is 2.35. The lowest BCUT2D eigenvalue weighted by molar-refractivity contribution is 0.0635. The summed E-state index contributed by atoms with van der Waals surface area (Å²) in [4.78, 5) is 17.7. The Kier molecular flexibility index (Phi) is 5.58. The summed E-state index contributed by atoms with van der Waals surface area (Å²) >= 11 is 0. The van der Waals surface area contributed by atoms with Crippen LogP contribution < -0.4 is 10.1 Å². The first kappa shape index (κ1) is 18.4. The van der Waals surface area contributed by atoms with E-state index in [0.717, 1.165) is 19.0 Å². The average molecular weight is 343 g/mol. The van der Waals surface area contributed by atoms with E-state index in [0.29, 0.717) is 6.54 Å². The van der Waals surface area contributed by atoms with Gasteiger partial charge < -0.3 is 14.4 Å². The highest BCUT2D eigenvalue weighted by Gasteiger charge is 2.23. The molecule has 8 heteroatoms. The van der Waals surface area contributed by atoms with Gasteiger partial charge in [-0.05, 0) is 40.3 Å². The Bertz CT molecular complexity index is 590. The van der Waals surface area contributed by atoms with Gasteiger partial charge in [0.1, 0.15) is 17.4 Å². The fourth-order valence-electron chi connectivity index (χ4n) is 2.35. The minimum atomic E-state index is -2.76. The zero-order chi connectivity index (χ0) is 17.9. The number of pyridine rings is 1. The number of nitrogens with one attached hydrogen (secondary N) is 1. The number of carbonyl (C=O) groups is 1. The van der Waals surface area contributed by atoms with Crippen LogP contribution in [0.25, 0.3) is 0 Å². The largest absolute Gasteiger partial charge is 0.473 e. The number of likely N-dealkylation sites (N-methyl/N-ethyl adjacent to an activating group) is 1. The number of aromatic nitrogens is 1. The number of likely N-dealkylation sites (tertiary alicyclic amines) is 1. The maximum absolute atomic E-state index is 13.0. The molecule has 0 radical (unpaired) electrons. The summed E-state index contributed by atoms with van der Waals surface area (Å²) in [6, 6.07) is 2.54. The summed E-state index contributed by atoms with van der Waals surface area (Å²) in [5.74, 6) is 0.0687. The van der Waals surface area contributed by atoms with Crippen molar-refractivity contribution >= 4 is 11.8 Å². The van der Waals surface area contributed by atoms with Crippen LogP contribution in [0.2, 0.25) is 0 Å². The minimum absolute atomic E-state index is 0.0687. The molecule has 1 aliphatic rings. The van der Waals surface area contributed by atoms with Crippen molar-refractivity contribution in [3.05, 3.63) is 17.8 Å². The van der Waals surface area contributed by atoms with E-state index in [-0.39, 0.29) is 17.7 Å². The van der Waals surface area contributed by atoms with Crippen LogP contribution >= 0.6 is 0 Å². The molecular weight excluding hydrogens is 320 g/mol. The number of nitrogens with zero attached hydrogens (tertiary/aromatic N) is 2. The van der Waals surface area contributed by atoms with E-state index >= 15 is 0 Å². The molecule has 2 rings (SSSR count). The summed E-state index contributed by atoms with van der Waals surface area (Å²) in [6.45, 7) is 6.73. The van der Waals surface area contributed by atoms with Gasteiger partial charge in [-0.1, -0.05) is 0 Å². The Hall–Kier alpha value is -1.96. The van der Waals surface area contributed by atoms with Crippen LogP contribution in [-0.2, 0) is 4.74 Å². The third-order valence-corrected chi connectivity index (χ3v) is 3.33. The molecule has 6 nitrogen and oxygen atoms in total. The van der Waals surface area contributed by atoms with Crippen molar-refractivity contribution in [1.29, 1.82) is 0 Å². The van der Waals surface area contributed by atoms with Gasteiger partial charge in [0.15, 0.2) is 0 Å². The Labute approximate surface area is 140 Å². The zero-order valence-electron chi connectivity index (χ0n) is 14.3. The standard InChI is InChI=1S/C16H23F2N3O3/c1-16(2,3)24-15(22)19-10-7-12(14(17)18)20-13(8-10)23-11-5-6-21(4)9-11/h7-8,11,14H,5-6,9H2,1-4H3,(H,19,20,22). The molecule has 0 bridgehead atoms. The molecule has 24 heavy (non-hydrogen) atoms. The van der Waals surface area contributed by atoms with Gasteiger partial charge >= 0.3 is 6.09 Å². The molecule has 1 aromatic heterocycles. The fraction of sp³-hybridized carbons (Fsp3) is 0.625. The molecule has 1 atom stereocenters. The van der Waals surface area contributed by atoms with Crippen molar-refractivity contribution in [2.75, 3.05) is 25.5 Å². The second kappa shape index (κ2) is 7.29. The van der Waals surface area contributed by atoms with E-state index in [4.69, 9.17) is 9.47 Å². The van der Waals surface area contributed by atoms with Crippen molar-refractivity contribution in [3.63, 3.8) is 0 Å². The third-order valence-electron chi connectivity index (χ3n) is 3.33. The average Bonchev–Trinajstić information content (AvgIpc) is 2.81. The van der Waals surface area contributed by atoms with Gasteiger partial charge in [-0.3, -0.25) is 5.32 Å². The second-order valence-electron chi connectivity index (χ2n) is 6.84. The van der Waals surface area contributed by atoms with Crippen LogP contribution in [0.5, 0.6) is 5.88 Å². The first-order chi connectivity index (χ1) is 11.1. The molecule has 0 aliphatic carbocycles. The zero-order valence-corrected chi connectivity index (χ0v) is 14.3. The van der Waals surface area contributed by atoms with E-state index < -0.39 is 23.8 Å². The van der Waals surface area contributed by atoms with E-state index in [1.807, 2.05) is 7.05 Å². The van der Waals surface area contributed by atoms with Crippen molar-refractivity contribution < 1.29 is 23.0 Å². The quantitative estimate of drug-likeness (QED) is 0.907. The highest BCUT2D eigenvalue weighted by molar-refractivity contribution is 5.85. The van der Waals surface area contributed by atoms with Crippen molar-refractivity contribution in [3.8, 4) is 5.88 Å². The Balaban J connectivity index is 2.13. The summed E-state index contributed by atoms with van der Waals surface area (Å²) in [5, 5.41) is 2.44. The molecule has 1 fully saturated rings. The van der Waals surface area contributed by atoms with Crippen LogP contribution in [0, 0.1) is 0 Å². The number of hydrogen-bond donors (Lipinski definition) is 1. The van der Waals surface area contributed by atoms with Crippen LogP contribution in [0.15, 0.2) is 12.1 Å². The molecule has 0 aromatic carbocycles. The van der Waals surface area contributed by atoms with E-state index in [2.05, 4.69) is 15.2 Å². The highest BCUT2D eigenvalue weighted by Crippen LogP contribution is 2.26. The molecule has 0 saturated carbocycles. The lowest BCUT2D eigenvalue weighted by Gasteiger charge is -2.20. The maximum Gasteiger partial charge on any atom is 0.412 e. The number of carbonyl (C=O) groups excluding carboxylic acids is 1. The number of hydrogen-bond acceptors (Lipinski definition) is 5. The first-order valence-corrected chi connectivity index (χ1v) is 7.78. The maximum atomic E-state index is 13.0. The molecule has 1 aliphatic heterocycles. The molecule has 0 spiro atoms. The molecule has 1 saturated heterocycles. The Morgan fingerprint density at radius 3 is 2.67 bits per heavy atom. The molecule has 1 amide bonds. The topological polar surface area (TPSA) is 63.7 Å². The van der Waals surface area contributed by atoms with Gasteiger partial charge in [0, 0.05) is 19.2 Å². The highest BCUT2D eigenvalue weighted by atomic mass is 19.3. The van der Waals surface area contributed by atoms with E-state index in [9.17, 15) is 13.6 Å². The lowest BCUT2D eigenvalue weighted by Crippen LogP contribution is -2.27. The second-order valence-corrected chi connectivity index (χ2v) is 6.84. The van der Waals surface area contributed by atoms with Crippen LogP contribution in [0.3, 0.4) is 0 Å². The van der Waals surface area contributed by atoms with E-state index in [1.54, 1.807) is 20.8 Å². The molecule has 1 unspecified atom stereocenters. The number of alkyl halides is 2. The number of amides is 1. The van der Waals surface area contributed by atoms with E-state index in [1.165, 1.54) is 6.07 Å². The van der Waals surface area contributed by atoms with Crippen molar-refractivity contribution in [2.24, 2.45) is 0 Å². The SMILES string of the molecule is CN1CCC(Oc2cc(NC(=O)OC(C)(C)C)cc(C(F)F)n2)C1. The monoisotopic (exact) mass is 343 g/mol. The van der Waals surface area contributed by atoms with Crippen LogP contribution in [-0.4, -0.2) is 47.8 Å². The van der Waals surface area contributed by atoms with Crippen molar-refractivity contribution in [1.82, 2.24) is 9.88 Å². The number of ether oxygens (including phenoxy) is 2. The summed E-state index contributed by atoms with van der Waals surface area (Å²) < 4.78 is 36.9. The number of anilines is 1. The summed E-state index contributed by atoms with van der Waals surface area (Å²) in [5.41, 5.74) is -0.975. The predicted octanol–water partition coefficient (Wildman–Crippen LogP) is 3.45. The van der Waals surface area contributed by atoms with Gasteiger partial charge in [0.05, 0.1) is 5.69 Å². The number of halogens is 2. The van der Waals surface area contributed by atoms with Gasteiger partial charge in [-0.25, -0.2) is 18.6 Å². The van der Waals surface area contributed by atoms with Gasteiger partial charge in [-0.15, -0.1) is 0 Å². The van der Waals surface area contributed by atoms with Gasteiger partial charge in [0.25, 0.3) is 6.43 Å². The summed E-state index contributed by atoms with van der Waals surface area (Å²) in [6.07, 6.45) is -2.80. The van der Waals surface area contributed by atoms with Crippen molar-refractivity contribution in [2.45, 2.75) is 45.3 Å². The van der Waals surface area contributed by atoms with Gasteiger partial charge in [-0.2, -0.15) is 0 Å². The van der Waals surface area contributed by atoms with Gasteiger partial charge in [0.2, 0.25) is 5.88 Å². The normalized spacial score (nSPS) is 18.7. The summed E-state index contributed by atoms with van der Waals surface area (Å²) in [7, 11) is 1.96. The third kappa shape index (κ3) is 5.59. The van der Waals surface area contributed by atoms with Crippen LogP contribution in [0.4, 0.5) is 19.3 Å². The first-order valence-electron chi connectivity index (χ1n) is 7.78. The molecule has 1 N–H and O–H groups in total. The minimum Gasteiger partial charge on any atom is -0.473 e. The molecule has 134 valence electrons. The van der Waals surface area contributed by atoms with Crippen LogP contribution in [0.1, 0.15) is 39.3 Å². The molecular formula is C16H23F2N3O3.